The van der Waals surface area contributed by atoms with E-state index in [1.807, 2.05) is 31.2 Å². The van der Waals surface area contributed by atoms with E-state index < -0.39 is 0 Å². The zero-order valence-corrected chi connectivity index (χ0v) is 8.99. The van der Waals surface area contributed by atoms with Crippen molar-refractivity contribution in [1.82, 2.24) is 10.2 Å². The van der Waals surface area contributed by atoms with Crippen LogP contribution in [-0.2, 0) is 6.54 Å². The average molecular weight is 212 g/mol. The maximum atomic E-state index is 8.81. The van der Waals surface area contributed by atoms with Crippen molar-refractivity contribution in [2.45, 2.75) is 13.5 Å². The SMILES string of the molecule is Cc1cc(NCc2ccn[nH]2)ccc1C#N. The topological polar surface area (TPSA) is 64.5 Å². The molecular weight excluding hydrogens is 200 g/mol. The highest BCUT2D eigenvalue weighted by Crippen LogP contribution is 2.14. The number of anilines is 1. The molecule has 16 heavy (non-hydrogen) atoms. The molecule has 0 saturated carbocycles. The average Bonchev–Trinajstić information content (AvgIpc) is 2.79. The van der Waals surface area contributed by atoms with E-state index in [-0.39, 0.29) is 0 Å². The highest BCUT2D eigenvalue weighted by Gasteiger charge is 1.99. The quantitative estimate of drug-likeness (QED) is 0.819. The minimum atomic E-state index is 0.700. The van der Waals surface area contributed by atoms with Crippen LogP contribution in [0.4, 0.5) is 5.69 Å². The highest BCUT2D eigenvalue weighted by molar-refractivity contribution is 5.51. The lowest BCUT2D eigenvalue weighted by Gasteiger charge is -2.06. The van der Waals surface area contributed by atoms with Gasteiger partial charge in [-0.05, 0) is 36.8 Å². The molecule has 1 aromatic heterocycles. The smallest absolute Gasteiger partial charge is 0.0994 e. The minimum absolute atomic E-state index is 0.700. The molecule has 0 spiro atoms. The minimum Gasteiger partial charge on any atom is -0.379 e. The Morgan fingerprint density at radius 3 is 2.94 bits per heavy atom. The normalized spacial score (nSPS) is 9.75. The van der Waals surface area contributed by atoms with E-state index in [1.165, 1.54) is 0 Å². The standard InChI is InChI=1S/C12H12N4/c1-9-6-11(3-2-10(9)7-13)14-8-12-4-5-15-16-12/h2-6,14H,8H2,1H3,(H,15,16). The Bertz CT molecular complexity index is 508. The number of nitrogens with zero attached hydrogens (tertiary/aromatic N) is 2. The van der Waals surface area contributed by atoms with Crippen molar-refractivity contribution >= 4 is 5.69 Å². The van der Waals surface area contributed by atoms with Gasteiger partial charge in [0.2, 0.25) is 0 Å². The summed E-state index contributed by atoms with van der Waals surface area (Å²) in [5.41, 5.74) is 3.73. The Hall–Kier alpha value is -2.28. The predicted octanol–water partition coefficient (Wildman–Crippen LogP) is 2.20. The summed E-state index contributed by atoms with van der Waals surface area (Å²) in [7, 11) is 0. The van der Waals surface area contributed by atoms with Gasteiger partial charge >= 0.3 is 0 Å². The van der Waals surface area contributed by atoms with Crippen LogP contribution in [0.3, 0.4) is 0 Å². The molecule has 80 valence electrons. The third kappa shape index (κ3) is 2.20. The Balaban J connectivity index is 2.06. The van der Waals surface area contributed by atoms with Gasteiger partial charge in [0.05, 0.1) is 23.9 Å². The van der Waals surface area contributed by atoms with Crippen molar-refractivity contribution in [2.24, 2.45) is 0 Å². The number of nitriles is 1. The molecule has 2 aromatic rings. The third-order valence-corrected chi connectivity index (χ3v) is 2.39. The van der Waals surface area contributed by atoms with Crippen molar-refractivity contribution < 1.29 is 0 Å². The molecule has 1 heterocycles. The van der Waals surface area contributed by atoms with Gasteiger partial charge in [0.25, 0.3) is 0 Å². The Labute approximate surface area is 93.9 Å². The summed E-state index contributed by atoms with van der Waals surface area (Å²) in [4.78, 5) is 0. The number of aromatic nitrogens is 2. The third-order valence-electron chi connectivity index (χ3n) is 2.39. The number of aromatic amines is 1. The second-order valence-electron chi connectivity index (χ2n) is 3.58. The number of benzene rings is 1. The van der Waals surface area contributed by atoms with Crippen LogP contribution < -0.4 is 5.32 Å². The number of hydrogen-bond donors (Lipinski definition) is 2. The molecular formula is C12H12N4. The Morgan fingerprint density at radius 2 is 2.31 bits per heavy atom. The number of rotatable bonds is 3. The van der Waals surface area contributed by atoms with Crippen LogP contribution in [0.2, 0.25) is 0 Å². The molecule has 4 heteroatoms. The van der Waals surface area contributed by atoms with Gasteiger partial charge in [-0.2, -0.15) is 10.4 Å². The lowest BCUT2D eigenvalue weighted by Crippen LogP contribution is -2.00. The lowest BCUT2D eigenvalue weighted by atomic mass is 10.1. The van der Waals surface area contributed by atoms with Crippen LogP contribution in [0.25, 0.3) is 0 Å². The first kappa shape index (κ1) is 10.2. The van der Waals surface area contributed by atoms with Gasteiger partial charge in [-0.3, -0.25) is 5.10 Å². The summed E-state index contributed by atoms with van der Waals surface area (Å²) < 4.78 is 0. The monoisotopic (exact) mass is 212 g/mol. The molecule has 0 saturated heterocycles. The molecule has 0 aliphatic heterocycles. The molecule has 2 N–H and O–H groups in total. The zero-order chi connectivity index (χ0) is 11.4. The molecule has 2 rings (SSSR count). The van der Waals surface area contributed by atoms with Gasteiger partial charge in [-0.1, -0.05) is 0 Å². The highest BCUT2D eigenvalue weighted by atomic mass is 15.1. The van der Waals surface area contributed by atoms with E-state index in [1.54, 1.807) is 6.20 Å². The Kier molecular flexibility index (Phi) is 2.88. The summed E-state index contributed by atoms with van der Waals surface area (Å²) in [5.74, 6) is 0. The lowest BCUT2D eigenvalue weighted by molar-refractivity contribution is 0.981. The first-order chi connectivity index (χ1) is 7.79. The fourth-order valence-corrected chi connectivity index (χ4v) is 1.48. The molecule has 0 aliphatic carbocycles. The van der Waals surface area contributed by atoms with Crippen molar-refractivity contribution in [3.05, 3.63) is 47.3 Å². The number of nitrogens with one attached hydrogen (secondary N) is 2. The van der Waals surface area contributed by atoms with Gasteiger partial charge in [-0.15, -0.1) is 0 Å². The van der Waals surface area contributed by atoms with Gasteiger partial charge in [0, 0.05) is 11.9 Å². The largest absolute Gasteiger partial charge is 0.379 e. The molecule has 0 radical (unpaired) electrons. The van der Waals surface area contributed by atoms with Crippen LogP contribution in [0.1, 0.15) is 16.8 Å². The summed E-state index contributed by atoms with van der Waals surface area (Å²) in [6.07, 6.45) is 1.72. The van der Waals surface area contributed by atoms with E-state index in [4.69, 9.17) is 5.26 Å². The first-order valence-corrected chi connectivity index (χ1v) is 5.02. The molecule has 0 atom stereocenters. The second-order valence-corrected chi connectivity index (χ2v) is 3.58. The number of H-pyrrole nitrogens is 1. The second kappa shape index (κ2) is 4.49. The molecule has 0 fully saturated rings. The van der Waals surface area contributed by atoms with Crippen molar-refractivity contribution in [3.8, 4) is 6.07 Å². The van der Waals surface area contributed by atoms with E-state index >= 15 is 0 Å². The van der Waals surface area contributed by atoms with Crippen LogP contribution >= 0.6 is 0 Å². The van der Waals surface area contributed by atoms with Crippen LogP contribution in [0.15, 0.2) is 30.5 Å². The summed E-state index contributed by atoms with van der Waals surface area (Å²) in [6, 6.07) is 9.76. The van der Waals surface area contributed by atoms with Crippen molar-refractivity contribution in [1.29, 1.82) is 5.26 Å². The number of aryl methyl sites for hydroxylation is 1. The van der Waals surface area contributed by atoms with Crippen molar-refractivity contribution in [2.75, 3.05) is 5.32 Å². The fourth-order valence-electron chi connectivity index (χ4n) is 1.48. The van der Waals surface area contributed by atoms with Gasteiger partial charge in [0.15, 0.2) is 0 Å². The summed E-state index contributed by atoms with van der Waals surface area (Å²) in [5, 5.41) is 18.8. The maximum absolute atomic E-state index is 8.81. The van der Waals surface area contributed by atoms with E-state index in [9.17, 15) is 0 Å². The van der Waals surface area contributed by atoms with Gasteiger partial charge in [0.1, 0.15) is 0 Å². The van der Waals surface area contributed by atoms with Gasteiger partial charge in [-0.25, -0.2) is 0 Å². The van der Waals surface area contributed by atoms with E-state index in [2.05, 4.69) is 21.6 Å². The van der Waals surface area contributed by atoms with E-state index in [0.29, 0.717) is 12.1 Å². The summed E-state index contributed by atoms with van der Waals surface area (Å²) in [6.45, 7) is 2.63. The predicted molar refractivity (Wildman–Crippen MR) is 61.8 cm³/mol. The Morgan fingerprint density at radius 1 is 1.44 bits per heavy atom. The van der Waals surface area contributed by atoms with Crippen LogP contribution in [0, 0.1) is 18.3 Å². The zero-order valence-electron chi connectivity index (χ0n) is 8.99. The maximum Gasteiger partial charge on any atom is 0.0994 e. The van der Waals surface area contributed by atoms with Crippen LogP contribution in [0.5, 0.6) is 0 Å². The van der Waals surface area contributed by atoms with E-state index in [0.717, 1.165) is 16.9 Å². The van der Waals surface area contributed by atoms with Gasteiger partial charge < -0.3 is 5.32 Å². The number of hydrogen-bond acceptors (Lipinski definition) is 3. The fraction of sp³-hybridized carbons (Fsp3) is 0.167. The first-order valence-electron chi connectivity index (χ1n) is 5.02. The molecule has 0 aliphatic rings. The summed E-state index contributed by atoms with van der Waals surface area (Å²) >= 11 is 0. The molecule has 0 unspecified atom stereocenters. The molecule has 0 bridgehead atoms. The van der Waals surface area contributed by atoms with Crippen molar-refractivity contribution in [3.63, 3.8) is 0 Å². The molecule has 0 amide bonds. The molecule has 4 nitrogen and oxygen atoms in total. The van der Waals surface area contributed by atoms with Crippen LogP contribution in [-0.4, -0.2) is 10.2 Å². The molecule has 1 aromatic carbocycles.